The third-order valence-electron chi connectivity index (χ3n) is 3.50. The Labute approximate surface area is 144 Å². The molecule has 7 nitrogen and oxygen atoms in total. The largest absolute Gasteiger partial charge is 0.377 e. The van der Waals surface area contributed by atoms with Gasteiger partial charge in [0.25, 0.3) is 11.5 Å². The van der Waals surface area contributed by atoms with Crippen molar-refractivity contribution in [3.8, 4) is 0 Å². The standard InChI is InChI=1S/C16H22N4O3S/c1-10(2)5-7-20-8-6-11(3)13(15(20)22)14(21)17-16-19-18-12(24-16)9-23-4/h6,8,10H,5,7,9H2,1-4H3,(H,17,19,21). The number of pyridine rings is 1. The summed E-state index contributed by atoms with van der Waals surface area (Å²) in [5, 5.41) is 11.5. The number of nitrogens with zero attached hydrogens (tertiary/aromatic N) is 3. The third kappa shape index (κ3) is 4.48. The van der Waals surface area contributed by atoms with E-state index in [2.05, 4.69) is 29.4 Å². The summed E-state index contributed by atoms with van der Waals surface area (Å²) in [6.07, 6.45) is 2.61. The molecule has 0 fully saturated rings. The first kappa shape index (κ1) is 18.3. The highest BCUT2D eigenvalue weighted by Crippen LogP contribution is 2.17. The zero-order valence-corrected chi connectivity index (χ0v) is 15.1. The summed E-state index contributed by atoms with van der Waals surface area (Å²) >= 11 is 1.22. The van der Waals surface area contributed by atoms with Gasteiger partial charge in [-0.1, -0.05) is 25.2 Å². The number of amides is 1. The number of carbonyl (C=O) groups excluding carboxylic acids is 1. The Hall–Kier alpha value is -2.06. The fourth-order valence-electron chi connectivity index (χ4n) is 2.16. The molecule has 24 heavy (non-hydrogen) atoms. The van der Waals surface area contributed by atoms with E-state index in [1.165, 1.54) is 11.3 Å². The number of rotatable bonds is 7. The SMILES string of the molecule is COCc1nnc(NC(=O)c2c(C)ccn(CCC(C)C)c2=O)s1. The number of aryl methyl sites for hydroxylation is 2. The molecule has 0 spiro atoms. The first-order valence-electron chi connectivity index (χ1n) is 7.75. The van der Waals surface area contributed by atoms with Gasteiger partial charge in [-0.2, -0.15) is 0 Å². The van der Waals surface area contributed by atoms with Crippen LogP contribution < -0.4 is 10.9 Å². The van der Waals surface area contributed by atoms with Gasteiger partial charge in [-0.3, -0.25) is 14.9 Å². The number of carbonyl (C=O) groups is 1. The van der Waals surface area contributed by atoms with E-state index in [0.717, 1.165) is 6.42 Å². The summed E-state index contributed by atoms with van der Waals surface area (Å²) < 4.78 is 6.55. The molecule has 2 aromatic rings. The molecule has 2 aromatic heterocycles. The lowest BCUT2D eigenvalue weighted by Crippen LogP contribution is -2.30. The fourth-order valence-corrected chi connectivity index (χ4v) is 2.87. The highest BCUT2D eigenvalue weighted by atomic mass is 32.1. The zero-order valence-electron chi connectivity index (χ0n) is 14.3. The van der Waals surface area contributed by atoms with E-state index in [0.29, 0.717) is 34.8 Å². The van der Waals surface area contributed by atoms with Gasteiger partial charge >= 0.3 is 0 Å². The van der Waals surface area contributed by atoms with Gasteiger partial charge in [0.1, 0.15) is 17.2 Å². The minimum absolute atomic E-state index is 0.143. The minimum atomic E-state index is -0.462. The van der Waals surface area contributed by atoms with Crippen molar-refractivity contribution in [2.24, 2.45) is 5.92 Å². The smallest absolute Gasteiger partial charge is 0.263 e. The van der Waals surface area contributed by atoms with Crippen LogP contribution in [0.1, 0.15) is 41.2 Å². The summed E-state index contributed by atoms with van der Waals surface area (Å²) in [5.74, 6) is 0.0209. The van der Waals surface area contributed by atoms with Crippen molar-refractivity contribution < 1.29 is 9.53 Å². The molecule has 1 amide bonds. The first-order valence-corrected chi connectivity index (χ1v) is 8.56. The summed E-state index contributed by atoms with van der Waals surface area (Å²) in [6.45, 7) is 6.87. The monoisotopic (exact) mass is 350 g/mol. The van der Waals surface area contributed by atoms with Crippen molar-refractivity contribution in [1.82, 2.24) is 14.8 Å². The maximum atomic E-state index is 12.6. The number of hydrogen-bond donors (Lipinski definition) is 1. The summed E-state index contributed by atoms with van der Waals surface area (Å²) in [5.41, 5.74) is 0.499. The van der Waals surface area contributed by atoms with Crippen LogP contribution in [0.3, 0.4) is 0 Å². The molecule has 2 heterocycles. The van der Waals surface area contributed by atoms with Gasteiger partial charge < -0.3 is 9.30 Å². The van der Waals surface area contributed by atoms with Crippen LogP contribution in [0.5, 0.6) is 0 Å². The number of anilines is 1. The Morgan fingerprint density at radius 2 is 2.17 bits per heavy atom. The molecule has 2 rings (SSSR count). The minimum Gasteiger partial charge on any atom is -0.377 e. The van der Waals surface area contributed by atoms with E-state index < -0.39 is 5.91 Å². The second kappa shape index (κ2) is 8.16. The lowest BCUT2D eigenvalue weighted by molar-refractivity contribution is 0.102. The topological polar surface area (TPSA) is 86.1 Å². The molecule has 0 atom stereocenters. The highest BCUT2D eigenvalue weighted by molar-refractivity contribution is 7.15. The number of nitrogens with one attached hydrogen (secondary N) is 1. The lowest BCUT2D eigenvalue weighted by Gasteiger charge is -2.11. The average Bonchev–Trinajstić information content (AvgIpc) is 2.94. The van der Waals surface area contributed by atoms with E-state index >= 15 is 0 Å². The molecule has 8 heteroatoms. The molecule has 0 radical (unpaired) electrons. The van der Waals surface area contributed by atoms with E-state index in [9.17, 15) is 9.59 Å². The van der Waals surface area contributed by atoms with Crippen molar-refractivity contribution in [2.45, 2.75) is 40.3 Å². The van der Waals surface area contributed by atoms with Crippen molar-refractivity contribution in [3.63, 3.8) is 0 Å². The zero-order chi connectivity index (χ0) is 17.7. The molecule has 0 unspecified atom stereocenters. The summed E-state index contributed by atoms with van der Waals surface area (Å²) in [6, 6.07) is 1.78. The predicted molar refractivity (Wildman–Crippen MR) is 93.5 cm³/mol. The lowest BCUT2D eigenvalue weighted by atomic mass is 10.1. The molecule has 130 valence electrons. The van der Waals surface area contributed by atoms with Gasteiger partial charge in [0, 0.05) is 19.9 Å². The Bertz CT molecular complexity index is 767. The Balaban J connectivity index is 2.21. The predicted octanol–water partition coefficient (Wildman–Crippen LogP) is 2.45. The van der Waals surface area contributed by atoms with Gasteiger partial charge in [-0.15, -0.1) is 10.2 Å². The second-order valence-corrected chi connectivity index (χ2v) is 7.00. The van der Waals surface area contributed by atoms with Crippen LogP contribution in [0.4, 0.5) is 5.13 Å². The molecule has 0 saturated carbocycles. The van der Waals surface area contributed by atoms with Crippen LogP contribution in [0.2, 0.25) is 0 Å². The highest BCUT2D eigenvalue weighted by Gasteiger charge is 2.17. The Morgan fingerprint density at radius 1 is 1.42 bits per heavy atom. The summed E-state index contributed by atoms with van der Waals surface area (Å²) in [7, 11) is 1.56. The fraction of sp³-hybridized carbons (Fsp3) is 0.500. The van der Waals surface area contributed by atoms with Gasteiger partial charge in [-0.05, 0) is 30.9 Å². The molecule has 0 bridgehead atoms. The molecular weight excluding hydrogens is 328 g/mol. The number of ether oxygens (including phenoxy) is 1. The van der Waals surface area contributed by atoms with Crippen molar-refractivity contribution in [2.75, 3.05) is 12.4 Å². The molecule has 0 aliphatic carbocycles. The average molecular weight is 350 g/mol. The Kier molecular flexibility index (Phi) is 6.22. The normalized spacial score (nSPS) is 11.0. The van der Waals surface area contributed by atoms with Crippen LogP contribution in [-0.4, -0.2) is 27.8 Å². The third-order valence-corrected chi connectivity index (χ3v) is 4.32. The second-order valence-electron chi connectivity index (χ2n) is 5.94. The molecule has 1 N–H and O–H groups in total. The van der Waals surface area contributed by atoms with Crippen LogP contribution in [0.25, 0.3) is 0 Å². The van der Waals surface area contributed by atoms with Gasteiger partial charge in [0.15, 0.2) is 0 Å². The van der Waals surface area contributed by atoms with Crippen LogP contribution in [0, 0.1) is 12.8 Å². The number of aromatic nitrogens is 3. The van der Waals surface area contributed by atoms with Gasteiger partial charge in [-0.25, -0.2) is 0 Å². The Morgan fingerprint density at radius 3 is 2.83 bits per heavy atom. The molecular formula is C16H22N4O3S. The summed E-state index contributed by atoms with van der Waals surface area (Å²) in [4.78, 5) is 25.1. The maximum absolute atomic E-state index is 12.6. The number of methoxy groups -OCH3 is 1. The van der Waals surface area contributed by atoms with Crippen LogP contribution in [0.15, 0.2) is 17.1 Å². The van der Waals surface area contributed by atoms with Crippen molar-refractivity contribution in [1.29, 1.82) is 0 Å². The van der Waals surface area contributed by atoms with E-state index in [-0.39, 0.29) is 11.1 Å². The van der Waals surface area contributed by atoms with Crippen LogP contribution >= 0.6 is 11.3 Å². The molecule has 0 aromatic carbocycles. The van der Waals surface area contributed by atoms with E-state index in [1.807, 2.05) is 0 Å². The maximum Gasteiger partial charge on any atom is 0.263 e. The quantitative estimate of drug-likeness (QED) is 0.829. The van der Waals surface area contributed by atoms with E-state index in [1.54, 1.807) is 30.9 Å². The first-order chi connectivity index (χ1) is 11.4. The van der Waals surface area contributed by atoms with E-state index in [4.69, 9.17) is 4.74 Å². The molecule has 0 aliphatic rings. The molecule has 0 saturated heterocycles. The van der Waals surface area contributed by atoms with Gasteiger partial charge in [0.2, 0.25) is 5.13 Å². The van der Waals surface area contributed by atoms with Crippen molar-refractivity contribution in [3.05, 3.63) is 38.8 Å². The molecule has 0 aliphatic heterocycles. The van der Waals surface area contributed by atoms with Crippen LogP contribution in [-0.2, 0) is 17.9 Å². The number of hydrogen-bond acceptors (Lipinski definition) is 6. The van der Waals surface area contributed by atoms with Gasteiger partial charge in [0.05, 0.1) is 0 Å². The van der Waals surface area contributed by atoms with Crippen molar-refractivity contribution >= 4 is 22.4 Å².